The summed E-state index contributed by atoms with van der Waals surface area (Å²) >= 11 is 0. The van der Waals surface area contributed by atoms with Gasteiger partial charge in [-0.1, -0.05) is 36.4 Å². The Morgan fingerprint density at radius 2 is 1.71 bits per heavy atom. The molecule has 4 unspecified atom stereocenters. The van der Waals surface area contributed by atoms with Crippen molar-refractivity contribution in [3.63, 3.8) is 0 Å². The molecule has 0 radical (unpaired) electrons. The lowest BCUT2D eigenvalue weighted by atomic mass is 9.77. The van der Waals surface area contributed by atoms with Crippen molar-refractivity contribution in [2.75, 3.05) is 11.9 Å². The molecule has 11 heteroatoms. The number of benzene rings is 3. The lowest BCUT2D eigenvalue weighted by Gasteiger charge is -2.39. The molecule has 0 spiro atoms. The van der Waals surface area contributed by atoms with Crippen molar-refractivity contribution in [2.45, 2.75) is 63.1 Å². The minimum atomic E-state index is -1.43. The first kappa shape index (κ1) is 26.2. The van der Waals surface area contributed by atoms with Gasteiger partial charge in [0, 0.05) is 6.42 Å². The summed E-state index contributed by atoms with van der Waals surface area (Å²) in [5.41, 5.74) is 4.19. The van der Waals surface area contributed by atoms with Gasteiger partial charge in [0.2, 0.25) is 0 Å². The average Bonchev–Trinajstić information content (AvgIpc) is 3.59. The van der Waals surface area contributed by atoms with E-state index in [9.17, 15) is 25.5 Å². The van der Waals surface area contributed by atoms with Crippen LogP contribution in [0.5, 0.6) is 0 Å². The Morgan fingerprint density at radius 3 is 2.46 bits per heavy atom. The van der Waals surface area contributed by atoms with Gasteiger partial charge in [-0.25, -0.2) is 15.0 Å². The summed E-state index contributed by atoms with van der Waals surface area (Å²) in [7, 11) is 0. The minimum Gasteiger partial charge on any atom is -0.394 e. The largest absolute Gasteiger partial charge is 0.394 e. The Balaban J connectivity index is 1.38. The molecule has 7 rings (SSSR count). The van der Waals surface area contributed by atoms with Gasteiger partial charge in [-0.3, -0.25) is 4.57 Å². The highest BCUT2D eigenvalue weighted by atomic mass is 16.5. The van der Waals surface area contributed by atoms with Crippen molar-refractivity contribution < 1.29 is 30.3 Å². The third kappa shape index (κ3) is 3.85. The third-order valence-corrected chi connectivity index (χ3v) is 8.83. The van der Waals surface area contributed by atoms with Gasteiger partial charge in [0.05, 0.1) is 25.1 Å². The summed E-state index contributed by atoms with van der Waals surface area (Å²) in [6, 6.07) is 11.1. The summed E-state index contributed by atoms with van der Waals surface area (Å²) in [5, 5.41) is 60.4. The van der Waals surface area contributed by atoms with Crippen molar-refractivity contribution in [3.8, 4) is 0 Å². The smallest absolute Gasteiger partial charge is 0.167 e. The number of hydrogen-bond acceptors (Lipinski definition) is 10. The number of aliphatic hydroxyl groups is 5. The van der Waals surface area contributed by atoms with E-state index in [0.29, 0.717) is 28.1 Å². The van der Waals surface area contributed by atoms with E-state index in [1.807, 2.05) is 31.2 Å². The summed E-state index contributed by atoms with van der Waals surface area (Å²) in [6.07, 6.45) is -2.99. The molecule has 11 nitrogen and oxygen atoms in total. The second-order valence-corrected chi connectivity index (χ2v) is 11.0. The van der Waals surface area contributed by atoms with Crippen molar-refractivity contribution >= 4 is 38.5 Å². The molecule has 41 heavy (non-hydrogen) atoms. The molecule has 0 saturated carbocycles. The Kier molecular flexibility index (Phi) is 6.19. The lowest BCUT2D eigenvalue weighted by Crippen LogP contribution is -2.44. The van der Waals surface area contributed by atoms with Crippen LogP contribution in [0, 0.1) is 13.8 Å². The maximum Gasteiger partial charge on any atom is 0.167 e. The molecule has 7 atom stereocenters. The molecule has 0 bridgehead atoms. The Morgan fingerprint density at radius 1 is 0.927 bits per heavy atom. The van der Waals surface area contributed by atoms with Crippen LogP contribution in [0.25, 0.3) is 32.7 Å². The highest BCUT2D eigenvalue weighted by Crippen LogP contribution is 2.46. The van der Waals surface area contributed by atoms with Crippen LogP contribution in [0.15, 0.2) is 49.1 Å². The van der Waals surface area contributed by atoms with Crippen molar-refractivity contribution in [2.24, 2.45) is 0 Å². The van der Waals surface area contributed by atoms with E-state index in [1.165, 1.54) is 6.33 Å². The van der Waals surface area contributed by atoms with Crippen LogP contribution in [0.1, 0.15) is 47.0 Å². The number of fused-ring (bicyclic) bond motifs is 6. The topological polar surface area (TPSA) is 166 Å². The van der Waals surface area contributed by atoms with E-state index >= 15 is 0 Å². The molecule has 1 saturated heterocycles. The van der Waals surface area contributed by atoms with Crippen LogP contribution in [-0.4, -0.2) is 76.1 Å². The fourth-order valence-electron chi connectivity index (χ4n) is 6.55. The molecule has 6 N–H and O–H groups in total. The summed E-state index contributed by atoms with van der Waals surface area (Å²) in [5.74, 6) is 0.330. The van der Waals surface area contributed by atoms with E-state index in [0.717, 1.165) is 32.7 Å². The van der Waals surface area contributed by atoms with Gasteiger partial charge in [0.1, 0.15) is 37.0 Å². The number of aliphatic hydroxyl groups excluding tert-OH is 5. The molecule has 5 aromatic rings. The molecule has 0 amide bonds. The molecular weight excluding hydrogens is 526 g/mol. The van der Waals surface area contributed by atoms with Crippen LogP contribution in [0.3, 0.4) is 0 Å². The van der Waals surface area contributed by atoms with Gasteiger partial charge in [0.15, 0.2) is 17.0 Å². The standard InChI is InChI=1S/C30H31N5O6/c1-13-14(2)22-17(16-6-4-3-5-15(13)16)7-8-18-23(22)24(27(39)28(40)26(18)38)34-29-25-30(32-11-31-29)35(12-33-25)21-9-19(37)20(10-36)41-21/h3-8,11-12,19-21,24,26-28,36-40H,9-10H2,1-2H3,(H,31,32,34)/t19-,20+,21+,24?,26?,27?,28?/m0/s1. The maximum absolute atomic E-state index is 11.4. The zero-order valence-electron chi connectivity index (χ0n) is 22.5. The monoisotopic (exact) mass is 557 g/mol. The van der Waals surface area contributed by atoms with Crippen LogP contribution in [0.2, 0.25) is 0 Å². The Bertz CT molecular complexity index is 1810. The average molecular weight is 558 g/mol. The first-order chi connectivity index (χ1) is 19.8. The van der Waals surface area contributed by atoms with Crippen LogP contribution < -0.4 is 5.32 Å². The molecule has 1 fully saturated rings. The van der Waals surface area contributed by atoms with Crippen LogP contribution >= 0.6 is 0 Å². The van der Waals surface area contributed by atoms with Gasteiger partial charge in [-0.15, -0.1) is 0 Å². The number of rotatable bonds is 4. The first-order valence-corrected chi connectivity index (χ1v) is 13.7. The number of aromatic nitrogens is 4. The molecule has 3 aromatic carbocycles. The summed E-state index contributed by atoms with van der Waals surface area (Å²) in [4.78, 5) is 13.3. The highest BCUT2D eigenvalue weighted by Gasteiger charge is 2.43. The van der Waals surface area contributed by atoms with Gasteiger partial charge >= 0.3 is 0 Å². The van der Waals surface area contributed by atoms with E-state index in [-0.39, 0.29) is 13.0 Å². The highest BCUT2D eigenvalue weighted by molar-refractivity contribution is 6.12. The normalized spacial score (nSPS) is 28.0. The van der Waals surface area contributed by atoms with Crippen molar-refractivity contribution in [1.82, 2.24) is 19.5 Å². The SMILES string of the molecule is Cc1c(C)c2c3c(ccc2c2ccccc12)C(O)C(O)C(O)C3Nc1ncnc2c1ncn2[C@H]1C[C@H](O)[C@@H](CO)O1. The minimum absolute atomic E-state index is 0.265. The first-order valence-electron chi connectivity index (χ1n) is 13.7. The number of aryl methyl sites for hydroxylation is 2. The predicted molar refractivity (Wildman–Crippen MR) is 151 cm³/mol. The fourth-order valence-corrected chi connectivity index (χ4v) is 6.55. The molecule has 1 aliphatic heterocycles. The number of anilines is 1. The third-order valence-electron chi connectivity index (χ3n) is 8.83. The molecule has 3 heterocycles. The van der Waals surface area contributed by atoms with E-state index < -0.39 is 42.8 Å². The zero-order valence-corrected chi connectivity index (χ0v) is 22.5. The van der Waals surface area contributed by atoms with E-state index in [2.05, 4.69) is 39.3 Å². The fraction of sp³-hybridized carbons (Fsp3) is 0.367. The Hall–Kier alpha value is -3.71. The number of nitrogens with one attached hydrogen (secondary N) is 1. The lowest BCUT2D eigenvalue weighted by molar-refractivity contribution is -0.0766. The van der Waals surface area contributed by atoms with E-state index in [1.54, 1.807) is 10.9 Å². The molecule has 2 aliphatic rings. The summed E-state index contributed by atoms with van der Waals surface area (Å²) in [6.45, 7) is 3.79. The predicted octanol–water partition coefficient (Wildman–Crippen LogP) is 2.31. The molecule has 2 aromatic heterocycles. The number of hydrogen-bond donors (Lipinski definition) is 6. The quantitative estimate of drug-likeness (QED) is 0.181. The number of nitrogens with zero attached hydrogens (tertiary/aromatic N) is 4. The van der Waals surface area contributed by atoms with Crippen LogP contribution in [-0.2, 0) is 4.74 Å². The second kappa shape index (κ2) is 9.69. The van der Waals surface area contributed by atoms with Gasteiger partial charge in [-0.05, 0) is 57.6 Å². The van der Waals surface area contributed by atoms with E-state index in [4.69, 9.17) is 4.74 Å². The second-order valence-electron chi connectivity index (χ2n) is 11.0. The van der Waals surface area contributed by atoms with Crippen molar-refractivity contribution in [1.29, 1.82) is 0 Å². The van der Waals surface area contributed by atoms with Gasteiger partial charge in [-0.2, -0.15) is 0 Å². The summed E-state index contributed by atoms with van der Waals surface area (Å²) < 4.78 is 7.48. The van der Waals surface area contributed by atoms with Gasteiger partial charge in [0.25, 0.3) is 0 Å². The van der Waals surface area contributed by atoms with Gasteiger partial charge < -0.3 is 35.6 Å². The molecular formula is C30H31N5O6. The maximum atomic E-state index is 11.4. The van der Waals surface area contributed by atoms with Crippen molar-refractivity contribution in [3.05, 3.63) is 71.3 Å². The number of ether oxygens (including phenoxy) is 1. The van der Waals surface area contributed by atoms with Crippen LogP contribution in [0.4, 0.5) is 5.82 Å². The zero-order chi connectivity index (χ0) is 28.6. The Labute approximate surface area is 234 Å². The molecule has 212 valence electrons. The number of imidazole rings is 1. The molecule has 1 aliphatic carbocycles.